The molecule has 3 heterocycles. The molecule has 0 spiro atoms. The first kappa shape index (κ1) is 11.9. The molecule has 0 aromatic carbocycles. The summed E-state index contributed by atoms with van der Waals surface area (Å²) in [4.78, 5) is 6.81. The average Bonchev–Trinajstić information content (AvgIpc) is 2.87. The van der Waals surface area contributed by atoms with Gasteiger partial charge in [-0.2, -0.15) is 5.10 Å². The quantitative estimate of drug-likeness (QED) is 0.792. The number of fused-ring (bicyclic) bond motifs is 1. The van der Waals surface area contributed by atoms with E-state index in [0.29, 0.717) is 6.04 Å². The molecule has 1 aliphatic rings. The number of anilines is 1. The number of aromatic nitrogens is 3. The van der Waals surface area contributed by atoms with Crippen LogP contribution in [0.4, 0.5) is 5.82 Å². The molecular weight excluding hydrogens is 296 g/mol. The third-order valence-electron chi connectivity index (χ3n) is 3.25. The SMILES string of the molecule is CC1COC(CBr)CN1c1nccn2nccc12. The maximum atomic E-state index is 5.75. The van der Waals surface area contributed by atoms with Gasteiger partial charge in [-0.25, -0.2) is 9.50 Å². The maximum Gasteiger partial charge on any atom is 0.155 e. The summed E-state index contributed by atoms with van der Waals surface area (Å²) in [6.45, 7) is 3.74. The van der Waals surface area contributed by atoms with Crippen LogP contribution < -0.4 is 4.90 Å². The van der Waals surface area contributed by atoms with Gasteiger partial charge >= 0.3 is 0 Å². The largest absolute Gasteiger partial charge is 0.373 e. The fourth-order valence-electron chi connectivity index (χ4n) is 2.27. The third kappa shape index (κ3) is 1.99. The molecule has 0 aliphatic carbocycles. The van der Waals surface area contributed by atoms with E-state index in [2.05, 4.69) is 37.8 Å². The molecule has 2 atom stereocenters. The van der Waals surface area contributed by atoms with Gasteiger partial charge in [-0.15, -0.1) is 0 Å². The van der Waals surface area contributed by atoms with Gasteiger partial charge in [0.25, 0.3) is 0 Å². The standard InChI is InChI=1S/C12H15BrN4O/c1-9-8-18-10(6-13)7-16(9)12-11-2-3-15-17(11)5-4-14-12/h2-5,9-10H,6-8H2,1H3. The van der Waals surface area contributed by atoms with E-state index >= 15 is 0 Å². The van der Waals surface area contributed by atoms with E-state index in [4.69, 9.17) is 4.74 Å². The summed E-state index contributed by atoms with van der Waals surface area (Å²) in [5.41, 5.74) is 1.04. The van der Waals surface area contributed by atoms with Crippen LogP contribution in [0.15, 0.2) is 24.7 Å². The fourth-order valence-corrected chi connectivity index (χ4v) is 2.66. The topological polar surface area (TPSA) is 42.7 Å². The molecule has 18 heavy (non-hydrogen) atoms. The van der Waals surface area contributed by atoms with Crippen LogP contribution in [0.2, 0.25) is 0 Å². The molecule has 1 fully saturated rings. The van der Waals surface area contributed by atoms with E-state index in [1.54, 1.807) is 12.4 Å². The van der Waals surface area contributed by atoms with E-state index in [0.717, 1.165) is 29.8 Å². The average molecular weight is 311 g/mol. The van der Waals surface area contributed by atoms with Gasteiger partial charge in [0.05, 0.1) is 24.9 Å². The number of morpholine rings is 1. The number of hydrogen-bond acceptors (Lipinski definition) is 4. The van der Waals surface area contributed by atoms with Crippen LogP contribution in [0, 0.1) is 0 Å². The van der Waals surface area contributed by atoms with E-state index in [1.807, 2.05) is 16.8 Å². The monoisotopic (exact) mass is 310 g/mol. The minimum atomic E-state index is 0.214. The van der Waals surface area contributed by atoms with Crippen LogP contribution in [0.25, 0.3) is 5.52 Å². The first-order valence-electron chi connectivity index (χ1n) is 6.02. The second-order valence-electron chi connectivity index (χ2n) is 4.52. The Labute approximate surface area is 114 Å². The number of halogens is 1. The second-order valence-corrected chi connectivity index (χ2v) is 5.17. The molecule has 0 N–H and O–H groups in total. The van der Waals surface area contributed by atoms with Gasteiger partial charge < -0.3 is 9.64 Å². The van der Waals surface area contributed by atoms with Crippen LogP contribution in [-0.4, -0.2) is 45.2 Å². The zero-order valence-electron chi connectivity index (χ0n) is 10.2. The lowest BCUT2D eigenvalue weighted by atomic mass is 10.2. The van der Waals surface area contributed by atoms with Gasteiger partial charge in [0, 0.05) is 24.3 Å². The Morgan fingerprint density at radius 3 is 3.22 bits per heavy atom. The van der Waals surface area contributed by atoms with Gasteiger partial charge in [0.2, 0.25) is 0 Å². The number of rotatable bonds is 2. The molecule has 1 aliphatic heterocycles. The van der Waals surface area contributed by atoms with Crippen molar-refractivity contribution in [3.63, 3.8) is 0 Å². The van der Waals surface area contributed by atoms with Crippen molar-refractivity contribution in [3.05, 3.63) is 24.7 Å². The number of hydrogen-bond donors (Lipinski definition) is 0. The molecule has 2 unspecified atom stereocenters. The van der Waals surface area contributed by atoms with Gasteiger partial charge in [0.15, 0.2) is 5.82 Å². The lowest BCUT2D eigenvalue weighted by Gasteiger charge is -2.38. The molecule has 2 aromatic rings. The summed E-state index contributed by atoms with van der Waals surface area (Å²) in [6, 6.07) is 2.32. The molecule has 2 aromatic heterocycles. The summed E-state index contributed by atoms with van der Waals surface area (Å²) in [5, 5.41) is 5.09. The molecule has 0 amide bonds. The molecule has 6 heteroatoms. The Hall–Kier alpha value is -1.14. The van der Waals surface area contributed by atoms with Crippen LogP contribution in [0.5, 0.6) is 0 Å². The Kier molecular flexibility index (Phi) is 3.22. The van der Waals surface area contributed by atoms with Crippen LogP contribution in [-0.2, 0) is 4.74 Å². The van der Waals surface area contributed by atoms with Gasteiger partial charge in [-0.1, -0.05) is 15.9 Å². The number of ether oxygens (including phenoxy) is 1. The van der Waals surface area contributed by atoms with Crippen molar-refractivity contribution >= 4 is 27.3 Å². The predicted molar refractivity (Wildman–Crippen MR) is 73.3 cm³/mol. The van der Waals surface area contributed by atoms with Crippen molar-refractivity contribution in [2.75, 3.05) is 23.4 Å². The smallest absolute Gasteiger partial charge is 0.155 e. The first-order chi connectivity index (χ1) is 8.79. The Balaban J connectivity index is 1.99. The van der Waals surface area contributed by atoms with E-state index in [9.17, 15) is 0 Å². The highest BCUT2D eigenvalue weighted by Gasteiger charge is 2.27. The van der Waals surface area contributed by atoms with Crippen molar-refractivity contribution in [1.29, 1.82) is 0 Å². The lowest BCUT2D eigenvalue weighted by Crippen LogP contribution is -2.49. The molecule has 5 nitrogen and oxygen atoms in total. The zero-order chi connectivity index (χ0) is 12.5. The Morgan fingerprint density at radius 1 is 1.50 bits per heavy atom. The highest BCUT2D eigenvalue weighted by atomic mass is 79.9. The summed E-state index contributed by atoms with van der Waals surface area (Å²) < 4.78 is 7.60. The Morgan fingerprint density at radius 2 is 2.39 bits per heavy atom. The minimum absolute atomic E-state index is 0.214. The summed E-state index contributed by atoms with van der Waals surface area (Å²) in [5.74, 6) is 0.983. The molecule has 0 radical (unpaired) electrons. The number of alkyl halides is 1. The van der Waals surface area contributed by atoms with Crippen molar-refractivity contribution in [3.8, 4) is 0 Å². The van der Waals surface area contributed by atoms with Crippen molar-refractivity contribution < 1.29 is 4.74 Å². The minimum Gasteiger partial charge on any atom is -0.373 e. The van der Waals surface area contributed by atoms with Crippen molar-refractivity contribution in [2.24, 2.45) is 0 Å². The molecule has 0 saturated carbocycles. The van der Waals surface area contributed by atoms with Crippen LogP contribution in [0.1, 0.15) is 6.92 Å². The van der Waals surface area contributed by atoms with E-state index in [-0.39, 0.29) is 6.10 Å². The second kappa shape index (κ2) is 4.85. The van der Waals surface area contributed by atoms with Crippen LogP contribution in [0.3, 0.4) is 0 Å². The van der Waals surface area contributed by atoms with Crippen molar-refractivity contribution in [1.82, 2.24) is 14.6 Å². The highest BCUT2D eigenvalue weighted by Crippen LogP contribution is 2.24. The zero-order valence-corrected chi connectivity index (χ0v) is 11.7. The van der Waals surface area contributed by atoms with Gasteiger partial charge in [-0.3, -0.25) is 0 Å². The molecule has 3 rings (SSSR count). The number of nitrogens with zero attached hydrogens (tertiary/aromatic N) is 4. The maximum absolute atomic E-state index is 5.75. The normalized spacial score (nSPS) is 24.7. The molecule has 0 bridgehead atoms. The van der Waals surface area contributed by atoms with Crippen LogP contribution >= 0.6 is 15.9 Å². The molecular formula is C12H15BrN4O. The summed E-state index contributed by atoms with van der Waals surface area (Å²) >= 11 is 3.48. The van der Waals surface area contributed by atoms with Gasteiger partial charge in [0.1, 0.15) is 5.52 Å². The highest BCUT2D eigenvalue weighted by molar-refractivity contribution is 9.09. The predicted octanol–water partition coefficient (Wildman–Crippen LogP) is 1.72. The molecule has 96 valence electrons. The van der Waals surface area contributed by atoms with Crippen molar-refractivity contribution in [2.45, 2.75) is 19.1 Å². The first-order valence-corrected chi connectivity index (χ1v) is 7.14. The summed E-state index contributed by atoms with van der Waals surface area (Å²) in [6.07, 6.45) is 5.67. The fraction of sp³-hybridized carbons (Fsp3) is 0.500. The summed E-state index contributed by atoms with van der Waals surface area (Å²) in [7, 11) is 0. The lowest BCUT2D eigenvalue weighted by molar-refractivity contribution is 0.0377. The van der Waals surface area contributed by atoms with Gasteiger partial charge in [-0.05, 0) is 13.0 Å². The van der Waals surface area contributed by atoms with E-state index < -0.39 is 0 Å². The third-order valence-corrected chi connectivity index (χ3v) is 3.98. The Bertz CT molecular complexity index is 544. The van der Waals surface area contributed by atoms with E-state index in [1.165, 1.54) is 0 Å². The molecule has 1 saturated heterocycles.